The van der Waals surface area contributed by atoms with Crippen molar-refractivity contribution in [2.24, 2.45) is 0 Å². The molecule has 136 valence electrons. The first-order chi connectivity index (χ1) is 11.9. The number of ether oxygens (including phenoxy) is 2. The average molecular weight is 370 g/mol. The van der Waals surface area contributed by atoms with Crippen molar-refractivity contribution in [3.63, 3.8) is 0 Å². The SMILES string of the molecule is CCOCCc1cc(SCc2ccc(OC)cc2)ccc1C(F)(F)F. The van der Waals surface area contributed by atoms with Crippen molar-refractivity contribution in [2.45, 2.75) is 30.2 Å². The van der Waals surface area contributed by atoms with E-state index in [1.165, 1.54) is 17.8 Å². The molecule has 0 radical (unpaired) electrons. The monoisotopic (exact) mass is 370 g/mol. The minimum absolute atomic E-state index is 0.250. The lowest BCUT2D eigenvalue weighted by atomic mass is 10.0. The molecule has 0 atom stereocenters. The van der Waals surface area contributed by atoms with Gasteiger partial charge in [0, 0.05) is 17.3 Å². The molecule has 0 spiro atoms. The number of hydrogen-bond donors (Lipinski definition) is 0. The summed E-state index contributed by atoms with van der Waals surface area (Å²) in [6.07, 6.45) is -4.10. The van der Waals surface area contributed by atoms with Crippen LogP contribution in [0.3, 0.4) is 0 Å². The molecule has 0 aliphatic heterocycles. The van der Waals surface area contributed by atoms with E-state index in [0.29, 0.717) is 12.4 Å². The third kappa shape index (κ3) is 5.97. The summed E-state index contributed by atoms with van der Waals surface area (Å²) in [6.45, 7) is 2.60. The molecule has 0 unspecified atom stereocenters. The van der Waals surface area contributed by atoms with Crippen LogP contribution in [0.15, 0.2) is 47.4 Å². The summed E-state index contributed by atoms with van der Waals surface area (Å²) in [6, 6.07) is 12.0. The summed E-state index contributed by atoms with van der Waals surface area (Å²) in [7, 11) is 1.61. The van der Waals surface area contributed by atoms with Gasteiger partial charge in [-0.15, -0.1) is 11.8 Å². The molecular weight excluding hydrogens is 349 g/mol. The Morgan fingerprint density at radius 2 is 1.76 bits per heavy atom. The summed E-state index contributed by atoms with van der Waals surface area (Å²) < 4.78 is 49.8. The van der Waals surface area contributed by atoms with E-state index in [-0.39, 0.29) is 18.6 Å². The highest BCUT2D eigenvalue weighted by Gasteiger charge is 2.33. The van der Waals surface area contributed by atoms with Crippen molar-refractivity contribution >= 4 is 11.8 Å². The van der Waals surface area contributed by atoms with Gasteiger partial charge in [0.25, 0.3) is 0 Å². The molecule has 0 fully saturated rings. The van der Waals surface area contributed by atoms with Gasteiger partial charge < -0.3 is 9.47 Å². The van der Waals surface area contributed by atoms with Crippen LogP contribution in [0.4, 0.5) is 13.2 Å². The van der Waals surface area contributed by atoms with Crippen LogP contribution in [0.25, 0.3) is 0 Å². The van der Waals surface area contributed by atoms with Crippen molar-refractivity contribution in [3.05, 3.63) is 59.2 Å². The second kappa shape index (κ2) is 9.15. The van der Waals surface area contributed by atoms with E-state index < -0.39 is 11.7 Å². The Morgan fingerprint density at radius 3 is 2.36 bits per heavy atom. The summed E-state index contributed by atoms with van der Waals surface area (Å²) in [5.74, 6) is 1.46. The summed E-state index contributed by atoms with van der Waals surface area (Å²) in [4.78, 5) is 0.815. The fraction of sp³-hybridized carbons (Fsp3) is 0.368. The van der Waals surface area contributed by atoms with Crippen LogP contribution in [-0.2, 0) is 23.1 Å². The van der Waals surface area contributed by atoms with Gasteiger partial charge in [-0.1, -0.05) is 12.1 Å². The molecule has 0 aliphatic rings. The maximum atomic E-state index is 13.2. The number of rotatable bonds is 8. The zero-order valence-corrected chi connectivity index (χ0v) is 15.0. The summed E-state index contributed by atoms with van der Waals surface area (Å²) in [5, 5.41) is 0. The van der Waals surface area contributed by atoms with Gasteiger partial charge in [-0.3, -0.25) is 0 Å². The van der Waals surface area contributed by atoms with Crippen LogP contribution in [0, 0.1) is 0 Å². The van der Waals surface area contributed by atoms with E-state index >= 15 is 0 Å². The van der Waals surface area contributed by atoms with Crippen LogP contribution in [0.5, 0.6) is 5.75 Å². The molecule has 2 aromatic carbocycles. The lowest BCUT2D eigenvalue weighted by Gasteiger charge is -2.14. The quantitative estimate of drug-likeness (QED) is 0.446. The first-order valence-electron chi connectivity index (χ1n) is 7.97. The third-order valence-electron chi connectivity index (χ3n) is 3.67. The summed E-state index contributed by atoms with van der Waals surface area (Å²) >= 11 is 1.51. The molecule has 2 aromatic rings. The first kappa shape index (κ1) is 19.7. The molecule has 0 amide bonds. The second-order valence-electron chi connectivity index (χ2n) is 5.40. The minimum Gasteiger partial charge on any atom is -0.497 e. The van der Waals surface area contributed by atoms with Gasteiger partial charge in [-0.05, 0) is 54.8 Å². The molecule has 6 heteroatoms. The second-order valence-corrected chi connectivity index (χ2v) is 6.45. The van der Waals surface area contributed by atoms with Crippen LogP contribution >= 0.6 is 11.8 Å². The van der Waals surface area contributed by atoms with Crippen molar-refractivity contribution in [1.82, 2.24) is 0 Å². The van der Waals surface area contributed by atoms with Crippen molar-refractivity contribution in [2.75, 3.05) is 20.3 Å². The third-order valence-corrected chi connectivity index (χ3v) is 4.73. The highest BCUT2D eigenvalue weighted by atomic mass is 32.2. The fourth-order valence-corrected chi connectivity index (χ4v) is 3.27. The molecule has 25 heavy (non-hydrogen) atoms. The van der Waals surface area contributed by atoms with Crippen molar-refractivity contribution in [3.8, 4) is 5.75 Å². The smallest absolute Gasteiger partial charge is 0.416 e. The Balaban J connectivity index is 2.10. The molecule has 0 aromatic heterocycles. The lowest BCUT2D eigenvalue weighted by Crippen LogP contribution is -2.11. The van der Waals surface area contributed by atoms with Gasteiger partial charge in [0.05, 0.1) is 19.3 Å². The zero-order valence-electron chi connectivity index (χ0n) is 14.2. The molecule has 0 N–H and O–H groups in total. The molecular formula is C19H21F3O2S. The molecule has 0 aliphatic carbocycles. The zero-order chi connectivity index (χ0) is 18.3. The fourth-order valence-electron chi connectivity index (χ4n) is 2.36. The van der Waals surface area contributed by atoms with E-state index in [4.69, 9.17) is 9.47 Å². The molecule has 0 bridgehead atoms. The Labute approximate surface area is 150 Å². The van der Waals surface area contributed by atoms with E-state index in [1.54, 1.807) is 13.2 Å². The van der Waals surface area contributed by atoms with E-state index in [2.05, 4.69) is 0 Å². The minimum atomic E-state index is -4.35. The van der Waals surface area contributed by atoms with Crippen molar-refractivity contribution < 1.29 is 22.6 Å². The number of thioether (sulfide) groups is 1. The highest BCUT2D eigenvalue weighted by molar-refractivity contribution is 7.98. The predicted octanol–water partition coefficient (Wildman–Crippen LogP) is 5.59. The lowest BCUT2D eigenvalue weighted by molar-refractivity contribution is -0.138. The number of hydrogen-bond acceptors (Lipinski definition) is 3. The van der Waals surface area contributed by atoms with Crippen LogP contribution in [0.2, 0.25) is 0 Å². The Hall–Kier alpha value is -1.66. The molecule has 0 saturated carbocycles. The maximum absolute atomic E-state index is 13.2. The molecule has 0 saturated heterocycles. The first-order valence-corrected chi connectivity index (χ1v) is 8.96. The number of benzene rings is 2. The molecule has 2 rings (SSSR count). The van der Waals surface area contributed by atoms with Crippen molar-refractivity contribution in [1.29, 1.82) is 0 Å². The average Bonchev–Trinajstić information content (AvgIpc) is 2.60. The van der Waals surface area contributed by atoms with E-state index in [1.807, 2.05) is 31.2 Å². The number of alkyl halides is 3. The van der Waals surface area contributed by atoms with E-state index in [0.717, 1.165) is 22.3 Å². The molecule has 2 nitrogen and oxygen atoms in total. The Kier molecular flexibility index (Phi) is 7.20. The van der Waals surface area contributed by atoms with Gasteiger partial charge in [-0.2, -0.15) is 13.2 Å². The topological polar surface area (TPSA) is 18.5 Å². The number of halogens is 3. The van der Waals surface area contributed by atoms with Crippen LogP contribution < -0.4 is 4.74 Å². The predicted molar refractivity (Wildman–Crippen MR) is 94.2 cm³/mol. The summed E-state index contributed by atoms with van der Waals surface area (Å²) in [5.41, 5.74) is 0.781. The Bertz CT molecular complexity index is 669. The Morgan fingerprint density at radius 1 is 1.04 bits per heavy atom. The largest absolute Gasteiger partial charge is 0.497 e. The van der Waals surface area contributed by atoms with Gasteiger partial charge >= 0.3 is 6.18 Å². The van der Waals surface area contributed by atoms with Gasteiger partial charge in [-0.25, -0.2) is 0 Å². The normalized spacial score (nSPS) is 11.6. The van der Waals surface area contributed by atoms with Gasteiger partial charge in [0.1, 0.15) is 5.75 Å². The maximum Gasteiger partial charge on any atom is 0.416 e. The van der Waals surface area contributed by atoms with Crippen LogP contribution in [0.1, 0.15) is 23.6 Å². The number of methoxy groups -OCH3 is 1. The van der Waals surface area contributed by atoms with E-state index in [9.17, 15) is 13.2 Å². The molecule has 0 heterocycles. The van der Waals surface area contributed by atoms with Gasteiger partial charge in [0.15, 0.2) is 0 Å². The highest BCUT2D eigenvalue weighted by Crippen LogP contribution is 2.35. The van der Waals surface area contributed by atoms with Gasteiger partial charge in [0.2, 0.25) is 0 Å². The van der Waals surface area contributed by atoms with Crippen LogP contribution in [-0.4, -0.2) is 20.3 Å². The standard InChI is InChI=1S/C19H21F3O2S/c1-3-24-11-10-15-12-17(8-9-18(15)19(20,21)22)25-13-14-4-6-16(23-2)7-5-14/h4-9,12H,3,10-11,13H2,1-2H3.